The minimum absolute atomic E-state index is 0.278. The minimum Gasteiger partial charge on any atom is -0.462 e. The molecule has 4 aliphatic rings. The van der Waals surface area contributed by atoms with Crippen LogP contribution in [0.1, 0.15) is 24.0 Å². The molecule has 0 bridgehead atoms. The third-order valence-electron chi connectivity index (χ3n) is 13.9. The first-order valence-electron chi connectivity index (χ1n) is 24.6. The second kappa shape index (κ2) is 26.9. The molecule has 435 valence electrons. The number of amides is 4. The first kappa shape index (κ1) is 61.4. The number of benzene rings is 2. The third kappa shape index (κ3) is 14.0. The van der Waals surface area contributed by atoms with Gasteiger partial charge in [-0.3, -0.25) is 44.9 Å². The Morgan fingerprint density at radius 1 is 0.810 bits per heavy atom. The second-order valence-electron chi connectivity index (χ2n) is 19.1. The van der Waals surface area contributed by atoms with Gasteiger partial charge in [0.2, 0.25) is 36.2 Å². The first-order valence-corrected chi connectivity index (χ1v) is 24.6. The van der Waals surface area contributed by atoms with Crippen molar-refractivity contribution in [1.29, 1.82) is 10.8 Å². The minimum atomic E-state index is -2.33. The summed E-state index contributed by atoms with van der Waals surface area (Å²) in [6, 6.07) is -1.36. The summed E-state index contributed by atoms with van der Waals surface area (Å²) >= 11 is 0. The van der Waals surface area contributed by atoms with Gasteiger partial charge in [-0.2, -0.15) is 0 Å². The Hall–Kier alpha value is -6.83. The van der Waals surface area contributed by atoms with E-state index in [0.29, 0.717) is 5.56 Å². The summed E-state index contributed by atoms with van der Waals surface area (Å²) in [7, 11) is 0. The predicted molar refractivity (Wildman–Crippen MR) is 264 cm³/mol. The fourth-order valence-corrected chi connectivity index (χ4v) is 9.26. The molecule has 33 heteroatoms. The molecule has 4 aliphatic heterocycles. The number of ether oxygens (including phenoxy) is 3. The van der Waals surface area contributed by atoms with Crippen molar-refractivity contribution in [1.82, 2.24) is 42.1 Å². The van der Waals surface area contributed by atoms with Crippen molar-refractivity contribution >= 4 is 47.5 Å². The lowest BCUT2D eigenvalue weighted by Gasteiger charge is -2.46. The number of nitro groups is 1. The molecule has 79 heavy (non-hydrogen) atoms. The Labute approximate surface area is 448 Å². The van der Waals surface area contributed by atoms with E-state index in [1.807, 2.05) is 5.32 Å². The van der Waals surface area contributed by atoms with Gasteiger partial charge in [0, 0.05) is 31.0 Å². The van der Waals surface area contributed by atoms with Crippen LogP contribution < -0.4 is 47.7 Å². The van der Waals surface area contributed by atoms with Gasteiger partial charge in [0.15, 0.2) is 18.1 Å². The van der Waals surface area contributed by atoms with Gasteiger partial charge < -0.3 is 118 Å². The van der Waals surface area contributed by atoms with E-state index in [9.17, 15) is 90.3 Å². The van der Waals surface area contributed by atoms with Gasteiger partial charge in [-0.05, 0) is 17.7 Å². The predicted octanol–water partition coefficient (Wildman–Crippen LogP) is -10.3. The quantitative estimate of drug-likeness (QED) is 0.0343. The van der Waals surface area contributed by atoms with Crippen LogP contribution >= 0.6 is 0 Å². The molecule has 20 atom stereocenters. The zero-order valence-corrected chi connectivity index (χ0v) is 41.9. The van der Waals surface area contributed by atoms with E-state index >= 15 is 0 Å². The summed E-state index contributed by atoms with van der Waals surface area (Å²) in [5, 5.41) is 162. The number of rotatable bonds is 24. The number of guanidine groups is 2. The van der Waals surface area contributed by atoms with Gasteiger partial charge in [0.1, 0.15) is 91.0 Å². The van der Waals surface area contributed by atoms with E-state index in [-0.39, 0.29) is 23.8 Å². The maximum atomic E-state index is 14.8. The lowest BCUT2D eigenvalue weighted by atomic mass is 9.93. The number of nitrogens with zero attached hydrogens (tertiary/aromatic N) is 2. The van der Waals surface area contributed by atoms with Crippen molar-refractivity contribution in [3.05, 3.63) is 69.8 Å². The molecule has 15 unspecified atom stereocenters. The van der Waals surface area contributed by atoms with Crippen molar-refractivity contribution in [3.63, 3.8) is 0 Å². The molecule has 0 aliphatic carbocycles. The molecule has 4 amide bonds. The molecule has 4 saturated heterocycles. The molecule has 2 aromatic rings. The van der Waals surface area contributed by atoms with Gasteiger partial charge >= 0.3 is 0 Å². The number of aliphatic hydroxyl groups excluding tert-OH is 11. The summed E-state index contributed by atoms with van der Waals surface area (Å²) in [4.78, 5) is 82.0. The van der Waals surface area contributed by atoms with Crippen LogP contribution in [0.2, 0.25) is 0 Å². The standard InChI is InChI=1S/C46H65N12O21/c1-17(18-5-3-2-4-6-18)28(47)40(72)53-22(9-19-7-8-21(10-24(19)58(75)76)77-44-38(70)36(68)34(66)27(16-62)79-44)39(71)55-29(31(63)23-11-50-45(48)54-23)42(74)56-30(41(73)52-20(13-59)14-60)32(64)25-12-51-46(49)57(25)43-37(69)35(67)33(65)26(15-61)78-43/h2-8,10,17,20,22-23,25-38,43-44,59,61-70H,9,11-13,15-16,47H2,1H3,(H2,49,51)(H,52,73)(H,53,72)(H,55,71)(H,56,74)(H3,48,50,54)/t17?,20-,22-,23?,25?,26?,27?,28-,29-,30-,31?,32?,33?,34?,35?,36?,37?,38?,43?,44?/m0/s1. The highest BCUT2D eigenvalue weighted by atomic mass is 16.7. The van der Waals surface area contributed by atoms with Crippen LogP contribution in [0.5, 0.6) is 5.75 Å². The molecule has 4 heterocycles. The fraction of sp³-hybridized carbons (Fsp3) is 0.587. The van der Waals surface area contributed by atoms with Gasteiger partial charge in [-0.1, -0.05) is 37.3 Å². The molecule has 2 aromatic carbocycles. The zero-order valence-electron chi connectivity index (χ0n) is 41.9. The molecule has 22 N–H and O–H groups in total. The van der Waals surface area contributed by atoms with Crippen LogP contribution in [0.15, 0.2) is 48.5 Å². The molecule has 1 radical (unpaired) electrons. The van der Waals surface area contributed by atoms with Gasteiger partial charge in [0.25, 0.3) is 5.69 Å². The summed E-state index contributed by atoms with van der Waals surface area (Å²) in [5.74, 6) is -7.39. The number of hydrogen-bond acceptors (Lipinski definition) is 24. The first-order chi connectivity index (χ1) is 37.5. The van der Waals surface area contributed by atoms with Crippen LogP contribution in [-0.2, 0) is 39.9 Å². The fourth-order valence-electron chi connectivity index (χ4n) is 9.26. The number of nitrogens with one attached hydrogen (secondary N) is 9. The maximum Gasteiger partial charge on any atom is 0.276 e. The van der Waals surface area contributed by atoms with Crippen LogP contribution in [-0.4, -0.2) is 257 Å². The molecular formula is C46H65N12O21. The van der Waals surface area contributed by atoms with Crippen LogP contribution in [0.3, 0.4) is 0 Å². The van der Waals surface area contributed by atoms with E-state index in [4.69, 9.17) is 30.8 Å². The Balaban J connectivity index is 1.36. The highest BCUT2D eigenvalue weighted by Gasteiger charge is 2.53. The van der Waals surface area contributed by atoms with E-state index in [1.54, 1.807) is 37.3 Å². The second-order valence-corrected chi connectivity index (χ2v) is 19.1. The van der Waals surface area contributed by atoms with Crippen LogP contribution in [0.25, 0.3) is 0 Å². The Kier molecular flexibility index (Phi) is 20.9. The highest BCUT2D eigenvalue weighted by Crippen LogP contribution is 2.31. The Morgan fingerprint density at radius 3 is 2.01 bits per heavy atom. The largest absolute Gasteiger partial charge is 0.462 e. The van der Waals surface area contributed by atoms with Crippen molar-refractivity contribution in [3.8, 4) is 5.75 Å². The van der Waals surface area contributed by atoms with Crippen molar-refractivity contribution < 1.29 is 99.3 Å². The third-order valence-corrected chi connectivity index (χ3v) is 13.9. The number of aliphatic hydroxyl groups is 11. The Bertz CT molecular complexity index is 2500. The highest BCUT2D eigenvalue weighted by molar-refractivity contribution is 5.96. The SMILES string of the molecule is CC(c1ccccc1)[C@H](N)C(=O)N[C@@H](Cc1ccc(OC2OC(CO)C(O)C(O)C2O)cc1[N+](=O)[O-])C(=O)N[C@H](C(=O)N[C@H](C(=O)N[C@H]([C]=O)CO)C(O)C1CNC(=N)N1C1OC(CO)C(O)C(O)C1O)C(O)C1CNC(=N)N1. The van der Waals surface area contributed by atoms with Gasteiger partial charge in [0.05, 0.1) is 48.9 Å². The van der Waals surface area contributed by atoms with E-state index in [0.717, 1.165) is 23.1 Å². The van der Waals surface area contributed by atoms with Gasteiger partial charge in [-0.15, -0.1) is 0 Å². The maximum absolute atomic E-state index is 14.8. The zero-order chi connectivity index (χ0) is 58.2. The topological polar surface area (TPSA) is 540 Å². The number of nitro benzene ring substituents is 1. The average molecular weight is 1120 g/mol. The van der Waals surface area contributed by atoms with Crippen molar-refractivity contribution in [2.75, 3.05) is 32.9 Å². The summed E-state index contributed by atoms with van der Waals surface area (Å²) in [6.45, 7) is -1.97. The molecule has 33 nitrogen and oxygen atoms in total. The lowest BCUT2D eigenvalue weighted by Crippen LogP contribution is -2.69. The lowest BCUT2D eigenvalue weighted by molar-refractivity contribution is -0.385. The summed E-state index contributed by atoms with van der Waals surface area (Å²) < 4.78 is 16.5. The number of nitrogens with two attached hydrogens (primary N) is 1. The molecular weight excluding hydrogens is 1060 g/mol. The van der Waals surface area contributed by atoms with Crippen molar-refractivity contribution in [2.45, 2.75) is 135 Å². The van der Waals surface area contributed by atoms with Gasteiger partial charge in [-0.25, -0.2) is 0 Å². The molecule has 0 saturated carbocycles. The van der Waals surface area contributed by atoms with E-state index in [1.165, 1.54) is 6.29 Å². The molecule has 6 rings (SSSR count). The molecule has 4 fully saturated rings. The monoisotopic (exact) mass is 1120 g/mol. The number of hydrogen-bond donors (Lipinski definition) is 21. The number of carbonyl (C=O) groups is 4. The average Bonchev–Trinajstić information content (AvgIpc) is 4.15. The normalized spacial score (nSPS) is 29.9. The smallest absolute Gasteiger partial charge is 0.276 e. The van der Waals surface area contributed by atoms with Crippen molar-refractivity contribution in [2.24, 2.45) is 5.73 Å². The van der Waals surface area contributed by atoms with Crippen LogP contribution in [0, 0.1) is 20.9 Å². The molecule has 0 aromatic heterocycles. The van der Waals surface area contributed by atoms with E-state index in [2.05, 4.69) is 31.9 Å². The molecule has 0 spiro atoms. The summed E-state index contributed by atoms with van der Waals surface area (Å²) in [6.07, 6.45) is -22.0. The van der Waals surface area contributed by atoms with E-state index < -0.39 is 195 Å². The number of carbonyl (C=O) groups excluding carboxylic acids is 5. The Morgan fingerprint density at radius 2 is 1.42 bits per heavy atom. The van der Waals surface area contributed by atoms with Crippen LogP contribution in [0.4, 0.5) is 5.69 Å². The summed E-state index contributed by atoms with van der Waals surface area (Å²) in [5.41, 5.74) is 5.91.